The van der Waals surface area contributed by atoms with Crippen LogP contribution in [0.1, 0.15) is 6.42 Å². The summed E-state index contributed by atoms with van der Waals surface area (Å²) in [5.41, 5.74) is 1.24. The molecule has 2 heterocycles. The van der Waals surface area contributed by atoms with Crippen LogP contribution in [0.4, 0.5) is 5.69 Å². The quantitative estimate of drug-likeness (QED) is 0.548. The summed E-state index contributed by atoms with van der Waals surface area (Å²) in [5, 5.41) is 6.91. The maximum Gasteiger partial charge on any atom is 0.191 e. The lowest BCUT2D eigenvalue weighted by Gasteiger charge is -2.26. The van der Waals surface area contributed by atoms with Gasteiger partial charge in [-0.15, -0.1) is 0 Å². The molecule has 2 aliphatic heterocycles. The number of aliphatic imine (C=N–C) groups is 1. The molecule has 1 aromatic rings. The standard InChI is InChI=1S/C20H33N5O2/c1-21-20(22-7-9-24-10-12-27-13-11-24)23-15-17-6-8-25(16-17)18-4-3-5-19(14-18)26-2/h3-5,14,17H,6-13,15-16H2,1-2H3,(H2,21,22,23). The first kappa shape index (κ1) is 19.8. The Kier molecular flexibility index (Phi) is 7.59. The van der Waals surface area contributed by atoms with E-state index in [1.165, 1.54) is 12.1 Å². The summed E-state index contributed by atoms with van der Waals surface area (Å²) in [7, 11) is 3.55. The number of hydrogen-bond donors (Lipinski definition) is 2. The van der Waals surface area contributed by atoms with Crippen molar-refractivity contribution in [1.82, 2.24) is 15.5 Å². The van der Waals surface area contributed by atoms with Gasteiger partial charge in [0.1, 0.15) is 5.75 Å². The molecule has 7 nitrogen and oxygen atoms in total. The summed E-state index contributed by atoms with van der Waals surface area (Å²) in [4.78, 5) is 9.21. The Morgan fingerprint density at radius 3 is 2.89 bits per heavy atom. The van der Waals surface area contributed by atoms with Gasteiger partial charge in [-0.25, -0.2) is 0 Å². The van der Waals surface area contributed by atoms with E-state index in [1.54, 1.807) is 7.11 Å². The van der Waals surface area contributed by atoms with Crippen LogP contribution in [0.25, 0.3) is 0 Å². The van der Waals surface area contributed by atoms with Crippen molar-refractivity contribution >= 4 is 11.6 Å². The topological polar surface area (TPSA) is 61.4 Å². The van der Waals surface area contributed by atoms with Gasteiger partial charge in [-0.1, -0.05) is 6.07 Å². The molecule has 1 atom stereocenters. The van der Waals surface area contributed by atoms with Gasteiger partial charge in [0.2, 0.25) is 0 Å². The Morgan fingerprint density at radius 1 is 1.26 bits per heavy atom. The van der Waals surface area contributed by atoms with E-state index in [-0.39, 0.29) is 0 Å². The normalized spacial score (nSPS) is 21.3. The Hall–Kier alpha value is -1.99. The molecule has 0 saturated carbocycles. The van der Waals surface area contributed by atoms with Crippen LogP contribution in [0.3, 0.4) is 0 Å². The number of nitrogens with zero attached hydrogens (tertiary/aromatic N) is 3. The molecule has 27 heavy (non-hydrogen) atoms. The highest BCUT2D eigenvalue weighted by molar-refractivity contribution is 5.79. The fraction of sp³-hybridized carbons (Fsp3) is 0.650. The van der Waals surface area contributed by atoms with E-state index in [0.717, 1.165) is 70.7 Å². The first-order valence-corrected chi connectivity index (χ1v) is 9.92. The molecule has 7 heteroatoms. The third kappa shape index (κ3) is 6.01. The average molecular weight is 376 g/mol. The van der Waals surface area contributed by atoms with E-state index in [9.17, 15) is 0 Å². The zero-order valence-electron chi connectivity index (χ0n) is 16.6. The van der Waals surface area contributed by atoms with Gasteiger partial charge in [-0.3, -0.25) is 9.89 Å². The maximum atomic E-state index is 5.39. The van der Waals surface area contributed by atoms with Crippen molar-refractivity contribution in [2.24, 2.45) is 10.9 Å². The lowest BCUT2D eigenvalue weighted by molar-refractivity contribution is 0.0389. The number of hydrogen-bond acceptors (Lipinski definition) is 5. The predicted molar refractivity (Wildman–Crippen MR) is 110 cm³/mol. The van der Waals surface area contributed by atoms with Gasteiger partial charge < -0.3 is 25.0 Å². The average Bonchev–Trinajstić information content (AvgIpc) is 3.20. The zero-order chi connectivity index (χ0) is 18.9. The number of guanidine groups is 1. The molecule has 0 radical (unpaired) electrons. The SMILES string of the molecule is CN=C(NCCN1CCOCC1)NCC1CCN(c2cccc(OC)c2)C1. The van der Waals surface area contributed by atoms with Crippen LogP contribution < -0.4 is 20.3 Å². The summed E-state index contributed by atoms with van der Waals surface area (Å²) in [5.74, 6) is 2.43. The molecule has 150 valence electrons. The maximum absolute atomic E-state index is 5.39. The van der Waals surface area contributed by atoms with Gasteiger partial charge in [0.15, 0.2) is 5.96 Å². The third-order valence-electron chi connectivity index (χ3n) is 5.31. The lowest BCUT2D eigenvalue weighted by Crippen LogP contribution is -2.45. The highest BCUT2D eigenvalue weighted by Gasteiger charge is 2.23. The van der Waals surface area contributed by atoms with Crippen LogP contribution in [0.2, 0.25) is 0 Å². The Balaban J connectivity index is 1.37. The molecule has 0 aromatic heterocycles. The van der Waals surface area contributed by atoms with E-state index in [2.05, 4.69) is 43.6 Å². The Morgan fingerprint density at radius 2 is 2.11 bits per heavy atom. The minimum atomic E-state index is 0.619. The highest BCUT2D eigenvalue weighted by atomic mass is 16.5. The van der Waals surface area contributed by atoms with Crippen LogP contribution >= 0.6 is 0 Å². The summed E-state index contributed by atoms with van der Waals surface area (Å²) in [6.07, 6.45) is 1.19. The summed E-state index contributed by atoms with van der Waals surface area (Å²) >= 11 is 0. The minimum Gasteiger partial charge on any atom is -0.497 e. The van der Waals surface area contributed by atoms with E-state index in [1.807, 2.05) is 13.1 Å². The zero-order valence-corrected chi connectivity index (χ0v) is 16.6. The number of ether oxygens (including phenoxy) is 2. The second kappa shape index (κ2) is 10.4. The largest absolute Gasteiger partial charge is 0.497 e. The van der Waals surface area contributed by atoms with Crippen molar-refractivity contribution in [3.05, 3.63) is 24.3 Å². The fourth-order valence-corrected chi connectivity index (χ4v) is 3.66. The third-order valence-corrected chi connectivity index (χ3v) is 5.31. The highest BCUT2D eigenvalue weighted by Crippen LogP contribution is 2.26. The molecular formula is C20H33N5O2. The van der Waals surface area contributed by atoms with Gasteiger partial charge >= 0.3 is 0 Å². The number of methoxy groups -OCH3 is 1. The van der Waals surface area contributed by atoms with Gasteiger partial charge in [0.25, 0.3) is 0 Å². The number of benzene rings is 1. The molecule has 0 amide bonds. The molecule has 3 rings (SSSR count). The van der Waals surface area contributed by atoms with Gasteiger partial charge in [0.05, 0.1) is 20.3 Å². The van der Waals surface area contributed by atoms with E-state index in [0.29, 0.717) is 5.92 Å². The molecule has 2 N–H and O–H groups in total. The van der Waals surface area contributed by atoms with E-state index >= 15 is 0 Å². The molecule has 0 bridgehead atoms. The van der Waals surface area contributed by atoms with Crippen molar-refractivity contribution in [3.8, 4) is 5.75 Å². The van der Waals surface area contributed by atoms with Gasteiger partial charge in [-0.2, -0.15) is 0 Å². The summed E-state index contributed by atoms with van der Waals surface area (Å²) in [6, 6.07) is 8.32. The fourth-order valence-electron chi connectivity index (χ4n) is 3.66. The van der Waals surface area contributed by atoms with E-state index < -0.39 is 0 Å². The molecule has 0 aliphatic carbocycles. The number of nitrogens with one attached hydrogen (secondary N) is 2. The molecule has 1 aromatic carbocycles. The summed E-state index contributed by atoms with van der Waals surface area (Å²) in [6.45, 7) is 8.76. The van der Waals surface area contributed by atoms with Crippen molar-refractivity contribution in [3.63, 3.8) is 0 Å². The van der Waals surface area contributed by atoms with Gasteiger partial charge in [-0.05, 0) is 24.5 Å². The van der Waals surface area contributed by atoms with Crippen LogP contribution in [0, 0.1) is 5.92 Å². The monoisotopic (exact) mass is 375 g/mol. The second-order valence-corrected chi connectivity index (χ2v) is 7.14. The summed E-state index contributed by atoms with van der Waals surface area (Å²) < 4.78 is 10.7. The molecule has 0 spiro atoms. The van der Waals surface area contributed by atoms with Crippen molar-refractivity contribution in [2.75, 3.05) is 78.1 Å². The van der Waals surface area contributed by atoms with Crippen LogP contribution in [0.15, 0.2) is 29.3 Å². The molecular weight excluding hydrogens is 342 g/mol. The van der Waals surface area contributed by atoms with E-state index in [4.69, 9.17) is 9.47 Å². The van der Waals surface area contributed by atoms with Crippen LogP contribution in [-0.4, -0.2) is 84.0 Å². The Bertz CT molecular complexity index is 604. The predicted octanol–water partition coefficient (Wildman–Crippen LogP) is 1.02. The number of rotatable bonds is 7. The molecule has 2 aliphatic rings. The lowest BCUT2D eigenvalue weighted by atomic mass is 10.1. The first-order chi connectivity index (χ1) is 13.3. The van der Waals surface area contributed by atoms with Crippen molar-refractivity contribution in [2.45, 2.75) is 6.42 Å². The van der Waals surface area contributed by atoms with Crippen molar-refractivity contribution in [1.29, 1.82) is 0 Å². The smallest absolute Gasteiger partial charge is 0.191 e. The number of morpholine rings is 1. The van der Waals surface area contributed by atoms with Gasteiger partial charge in [0, 0.05) is 64.6 Å². The van der Waals surface area contributed by atoms with Crippen LogP contribution in [0.5, 0.6) is 5.75 Å². The van der Waals surface area contributed by atoms with Crippen molar-refractivity contribution < 1.29 is 9.47 Å². The molecule has 1 unspecified atom stereocenters. The molecule has 2 fully saturated rings. The van der Waals surface area contributed by atoms with Crippen LogP contribution in [-0.2, 0) is 4.74 Å². The number of anilines is 1. The molecule has 2 saturated heterocycles. The minimum absolute atomic E-state index is 0.619. The second-order valence-electron chi connectivity index (χ2n) is 7.14. The Labute approximate surface area is 162 Å². The first-order valence-electron chi connectivity index (χ1n) is 9.92.